The molecular weight excluding hydrogens is 260 g/mol. The molecule has 3 aromatic rings. The second-order valence-corrected chi connectivity index (χ2v) is 4.99. The highest BCUT2D eigenvalue weighted by molar-refractivity contribution is 5.83. The van der Waals surface area contributed by atoms with E-state index in [4.69, 9.17) is 4.74 Å². The van der Waals surface area contributed by atoms with Gasteiger partial charge in [-0.1, -0.05) is 36.4 Å². The van der Waals surface area contributed by atoms with Gasteiger partial charge in [-0.15, -0.1) is 0 Å². The predicted molar refractivity (Wildman–Crippen MR) is 85.3 cm³/mol. The largest absolute Gasteiger partial charge is 0.487 e. The Morgan fingerprint density at radius 1 is 1.00 bits per heavy atom. The normalized spacial score (nSPS) is 10.7. The first-order valence-electron chi connectivity index (χ1n) is 7.05. The van der Waals surface area contributed by atoms with Gasteiger partial charge < -0.3 is 10.1 Å². The van der Waals surface area contributed by atoms with Crippen molar-refractivity contribution in [3.8, 4) is 5.75 Å². The molecule has 2 aromatic carbocycles. The third kappa shape index (κ3) is 3.38. The van der Waals surface area contributed by atoms with Crippen LogP contribution < -0.4 is 10.1 Å². The van der Waals surface area contributed by atoms with Gasteiger partial charge in [0.1, 0.15) is 12.4 Å². The summed E-state index contributed by atoms with van der Waals surface area (Å²) in [4.78, 5) is 4.41. The Morgan fingerprint density at radius 2 is 1.86 bits per heavy atom. The highest BCUT2D eigenvalue weighted by atomic mass is 16.5. The van der Waals surface area contributed by atoms with Crippen LogP contribution in [0.1, 0.15) is 11.3 Å². The summed E-state index contributed by atoms with van der Waals surface area (Å²) in [6.07, 6.45) is 1.88. The van der Waals surface area contributed by atoms with Crippen LogP contribution in [0.5, 0.6) is 5.75 Å². The molecule has 0 aliphatic carbocycles. The maximum atomic E-state index is 5.82. The van der Waals surface area contributed by atoms with Gasteiger partial charge in [0.15, 0.2) is 0 Å². The lowest BCUT2D eigenvalue weighted by Crippen LogP contribution is -2.06. The third-order valence-corrected chi connectivity index (χ3v) is 3.37. The number of fused-ring (bicyclic) bond motifs is 1. The van der Waals surface area contributed by atoms with E-state index in [0.717, 1.165) is 18.0 Å². The van der Waals surface area contributed by atoms with Gasteiger partial charge in [0, 0.05) is 12.7 Å². The van der Waals surface area contributed by atoms with Crippen molar-refractivity contribution in [3.63, 3.8) is 0 Å². The SMILES string of the molecule is CNCc1ccc(COc2ccc3ccccc3c2)nc1. The van der Waals surface area contributed by atoms with Gasteiger partial charge in [-0.25, -0.2) is 0 Å². The van der Waals surface area contributed by atoms with Crippen LogP contribution in [-0.4, -0.2) is 12.0 Å². The Balaban J connectivity index is 1.68. The maximum Gasteiger partial charge on any atom is 0.130 e. The number of hydrogen-bond donors (Lipinski definition) is 1. The molecule has 3 rings (SSSR count). The summed E-state index contributed by atoms with van der Waals surface area (Å²) in [7, 11) is 1.93. The molecule has 1 N–H and O–H groups in total. The van der Waals surface area contributed by atoms with Crippen molar-refractivity contribution in [1.82, 2.24) is 10.3 Å². The smallest absolute Gasteiger partial charge is 0.130 e. The number of nitrogens with zero attached hydrogens (tertiary/aromatic N) is 1. The molecule has 0 spiro atoms. The lowest BCUT2D eigenvalue weighted by Gasteiger charge is -2.07. The van der Waals surface area contributed by atoms with E-state index in [0.29, 0.717) is 6.61 Å². The van der Waals surface area contributed by atoms with Crippen LogP contribution in [-0.2, 0) is 13.2 Å². The van der Waals surface area contributed by atoms with Crippen molar-refractivity contribution in [3.05, 3.63) is 72.1 Å². The van der Waals surface area contributed by atoms with Crippen LogP contribution in [0.3, 0.4) is 0 Å². The molecule has 0 aliphatic rings. The van der Waals surface area contributed by atoms with Gasteiger partial charge in [-0.2, -0.15) is 0 Å². The van der Waals surface area contributed by atoms with Crippen molar-refractivity contribution in [2.24, 2.45) is 0 Å². The minimum absolute atomic E-state index is 0.484. The van der Waals surface area contributed by atoms with Crippen LogP contribution in [0.4, 0.5) is 0 Å². The van der Waals surface area contributed by atoms with E-state index >= 15 is 0 Å². The van der Waals surface area contributed by atoms with Crippen LogP contribution in [0, 0.1) is 0 Å². The third-order valence-electron chi connectivity index (χ3n) is 3.37. The molecule has 0 bridgehead atoms. The minimum Gasteiger partial charge on any atom is -0.487 e. The molecule has 1 heterocycles. The van der Waals surface area contributed by atoms with Crippen LogP contribution >= 0.6 is 0 Å². The first-order chi connectivity index (χ1) is 10.3. The predicted octanol–water partition coefficient (Wildman–Crippen LogP) is 3.53. The standard InChI is InChI=1S/C18H18N2O/c1-19-11-14-6-8-17(20-12-14)13-21-18-9-7-15-4-2-3-5-16(15)10-18/h2-10,12,19H,11,13H2,1H3. The summed E-state index contributed by atoms with van der Waals surface area (Å²) >= 11 is 0. The average molecular weight is 278 g/mol. The Labute approximate surface area is 124 Å². The number of hydrogen-bond acceptors (Lipinski definition) is 3. The molecule has 106 valence electrons. The highest BCUT2D eigenvalue weighted by Gasteiger charge is 2.00. The Bertz CT molecular complexity index is 723. The zero-order valence-corrected chi connectivity index (χ0v) is 12.0. The number of aromatic nitrogens is 1. The topological polar surface area (TPSA) is 34.1 Å². The molecular formula is C18H18N2O. The molecule has 0 radical (unpaired) electrons. The zero-order chi connectivity index (χ0) is 14.5. The summed E-state index contributed by atoms with van der Waals surface area (Å²) in [6.45, 7) is 1.32. The van der Waals surface area contributed by atoms with Crippen molar-refractivity contribution in [1.29, 1.82) is 0 Å². The number of pyridine rings is 1. The molecule has 21 heavy (non-hydrogen) atoms. The monoisotopic (exact) mass is 278 g/mol. The summed E-state index contributed by atoms with van der Waals surface area (Å²) in [6, 6.07) is 18.5. The summed E-state index contributed by atoms with van der Waals surface area (Å²) in [5, 5.41) is 5.52. The number of benzene rings is 2. The molecule has 0 saturated carbocycles. The molecule has 0 fully saturated rings. The average Bonchev–Trinajstić information content (AvgIpc) is 2.54. The van der Waals surface area contributed by atoms with Gasteiger partial charge in [0.2, 0.25) is 0 Å². The lowest BCUT2D eigenvalue weighted by molar-refractivity contribution is 0.301. The van der Waals surface area contributed by atoms with Crippen LogP contribution in [0.25, 0.3) is 10.8 Å². The van der Waals surface area contributed by atoms with Gasteiger partial charge in [0.05, 0.1) is 5.69 Å². The quantitative estimate of drug-likeness (QED) is 0.775. The second kappa shape index (κ2) is 6.37. The van der Waals surface area contributed by atoms with E-state index in [1.54, 1.807) is 0 Å². The minimum atomic E-state index is 0.484. The Kier molecular flexibility index (Phi) is 4.12. The highest BCUT2D eigenvalue weighted by Crippen LogP contribution is 2.21. The fraction of sp³-hybridized carbons (Fsp3) is 0.167. The first-order valence-corrected chi connectivity index (χ1v) is 7.05. The molecule has 0 saturated heterocycles. The fourth-order valence-electron chi connectivity index (χ4n) is 2.26. The van der Waals surface area contributed by atoms with Crippen molar-refractivity contribution in [2.45, 2.75) is 13.2 Å². The molecule has 0 atom stereocenters. The van der Waals surface area contributed by atoms with Crippen molar-refractivity contribution in [2.75, 3.05) is 7.05 Å². The van der Waals surface area contributed by atoms with E-state index in [2.05, 4.69) is 40.6 Å². The maximum absolute atomic E-state index is 5.82. The van der Waals surface area contributed by atoms with E-state index in [1.165, 1.54) is 16.3 Å². The zero-order valence-electron chi connectivity index (χ0n) is 12.0. The Hall–Kier alpha value is -2.39. The molecule has 3 heteroatoms. The van der Waals surface area contributed by atoms with Crippen LogP contribution in [0.15, 0.2) is 60.8 Å². The van der Waals surface area contributed by atoms with Gasteiger partial charge in [0.25, 0.3) is 0 Å². The van der Waals surface area contributed by atoms with E-state index in [1.807, 2.05) is 37.5 Å². The van der Waals surface area contributed by atoms with Crippen molar-refractivity contribution < 1.29 is 4.74 Å². The van der Waals surface area contributed by atoms with Gasteiger partial charge >= 0.3 is 0 Å². The number of ether oxygens (including phenoxy) is 1. The summed E-state index contributed by atoms with van der Waals surface area (Å²) < 4.78 is 5.82. The molecule has 3 nitrogen and oxygen atoms in total. The molecule has 0 unspecified atom stereocenters. The van der Waals surface area contributed by atoms with Gasteiger partial charge in [-0.3, -0.25) is 4.98 Å². The number of rotatable bonds is 5. The van der Waals surface area contributed by atoms with E-state index in [-0.39, 0.29) is 0 Å². The molecule has 0 aliphatic heterocycles. The second-order valence-electron chi connectivity index (χ2n) is 4.99. The van der Waals surface area contributed by atoms with Crippen molar-refractivity contribution >= 4 is 10.8 Å². The summed E-state index contributed by atoms with van der Waals surface area (Å²) in [5.74, 6) is 0.870. The first kappa shape index (κ1) is 13.6. The van der Waals surface area contributed by atoms with E-state index in [9.17, 15) is 0 Å². The van der Waals surface area contributed by atoms with Gasteiger partial charge in [-0.05, 0) is 41.6 Å². The Morgan fingerprint density at radius 3 is 2.62 bits per heavy atom. The number of nitrogens with one attached hydrogen (secondary N) is 1. The summed E-state index contributed by atoms with van der Waals surface area (Å²) in [5.41, 5.74) is 2.11. The van der Waals surface area contributed by atoms with Crippen LogP contribution in [0.2, 0.25) is 0 Å². The molecule has 1 aromatic heterocycles. The lowest BCUT2D eigenvalue weighted by atomic mass is 10.1. The fourth-order valence-corrected chi connectivity index (χ4v) is 2.26. The van der Waals surface area contributed by atoms with E-state index < -0.39 is 0 Å². The molecule has 0 amide bonds.